The number of benzene rings is 2. The lowest BCUT2D eigenvalue weighted by molar-refractivity contribution is 0.222. The SMILES string of the molecule is COc1ccc(-c2cncc(-c3cn(CCN4CCCCC4)c4cccc(Cl)c34)c2)cc1. The third kappa shape index (κ3) is 4.25. The Hall–Kier alpha value is -2.82. The third-order valence-corrected chi connectivity index (χ3v) is 6.75. The lowest BCUT2D eigenvalue weighted by Crippen LogP contribution is -2.32. The van der Waals surface area contributed by atoms with Crippen LogP contribution in [0.3, 0.4) is 0 Å². The summed E-state index contributed by atoms with van der Waals surface area (Å²) in [6.45, 7) is 4.45. The van der Waals surface area contributed by atoms with Crippen LogP contribution < -0.4 is 4.74 Å². The van der Waals surface area contributed by atoms with Gasteiger partial charge in [0.1, 0.15) is 5.75 Å². The van der Waals surface area contributed by atoms with Gasteiger partial charge in [-0.15, -0.1) is 0 Å². The van der Waals surface area contributed by atoms with Gasteiger partial charge in [0, 0.05) is 53.8 Å². The first kappa shape index (κ1) is 21.0. The van der Waals surface area contributed by atoms with E-state index in [1.54, 1.807) is 7.11 Å². The van der Waals surface area contributed by atoms with Gasteiger partial charge in [-0.1, -0.05) is 36.2 Å². The molecule has 5 heteroatoms. The van der Waals surface area contributed by atoms with Gasteiger partial charge in [0.05, 0.1) is 17.6 Å². The van der Waals surface area contributed by atoms with Gasteiger partial charge in [-0.3, -0.25) is 4.98 Å². The number of aromatic nitrogens is 2. The third-order valence-electron chi connectivity index (χ3n) is 6.43. The minimum Gasteiger partial charge on any atom is -0.497 e. The topological polar surface area (TPSA) is 30.3 Å². The number of hydrogen-bond acceptors (Lipinski definition) is 3. The average molecular weight is 446 g/mol. The van der Waals surface area contributed by atoms with E-state index in [4.69, 9.17) is 16.3 Å². The van der Waals surface area contributed by atoms with Crippen LogP contribution in [0.2, 0.25) is 5.02 Å². The minimum atomic E-state index is 0.782. The Kier molecular flexibility index (Phi) is 6.15. The van der Waals surface area contributed by atoms with Gasteiger partial charge in [0.15, 0.2) is 0 Å². The lowest BCUT2D eigenvalue weighted by atomic mass is 10.0. The van der Waals surface area contributed by atoms with Crippen molar-refractivity contribution in [3.63, 3.8) is 0 Å². The Labute approximate surface area is 194 Å². The van der Waals surface area contributed by atoms with Gasteiger partial charge >= 0.3 is 0 Å². The van der Waals surface area contributed by atoms with Gasteiger partial charge in [0.25, 0.3) is 0 Å². The van der Waals surface area contributed by atoms with E-state index in [2.05, 4.69) is 44.9 Å². The van der Waals surface area contributed by atoms with Crippen molar-refractivity contribution in [1.82, 2.24) is 14.5 Å². The molecule has 2 aromatic carbocycles. The molecule has 2 aromatic heterocycles. The molecule has 5 rings (SSSR count). The van der Waals surface area contributed by atoms with Gasteiger partial charge in [0.2, 0.25) is 0 Å². The molecular weight excluding hydrogens is 418 g/mol. The summed E-state index contributed by atoms with van der Waals surface area (Å²) in [6, 6.07) is 16.5. The summed E-state index contributed by atoms with van der Waals surface area (Å²) < 4.78 is 7.64. The number of halogens is 1. The molecule has 0 saturated carbocycles. The van der Waals surface area contributed by atoms with E-state index in [9.17, 15) is 0 Å². The van der Waals surface area contributed by atoms with Crippen LogP contribution in [0.25, 0.3) is 33.2 Å². The number of hydrogen-bond donors (Lipinski definition) is 0. The Morgan fingerprint density at radius 3 is 2.47 bits per heavy atom. The largest absolute Gasteiger partial charge is 0.497 e. The zero-order chi connectivity index (χ0) is 21.9. The molecule has 4 aromatic rings. The second-order valence-electron chi connectivity index (χ2n) is 8.46. The Morgan fingerprint density at radius 2 is 1.69 bits per heavy atom. The van der Waals surface area contributed by atoms with Gasteiger partial charge in [-0.25, -0.2) is 0 Å². The van der Waals surface area contributed by atoms with Crippen LogP contribution in [0.1, 0.15) is 19.3 Å². The van der Waals surface area contributed by atoms with Crippen molar-refractivity contribution in [2.24, 2.45) is 0 Å². The fourth-order valence-electron chi connectivity index (χ4n) is 4.67. The highest BCUT2D eigenvalue weighted by atomic mass is 35.5. The van der Waals surface area contributed by atoms with E-state index in [0.717, 1.165) is 51.5 Å². The number of fused-ring (bicyclic) bond motifs is 1. The van der Waals surface area contributed by atoms with Crippen LogP contribution in [0.5, 0.6) is 5.75 Å². The number of nitrogens with zero attached hydrogens (tertiary/aromatic N) is 3. The van der Waals surface area contributed by atoms with Crippen LogP contribution >= 0.6 is 11.6 Å². The average Bonchev–Trinajstić information content (AvgIpc) is 3.23. The highest BCUT2D eigenvalue weighted by Gasteiger charge is 2.16. The molecule has 0 N–H and O–H groups in total. The van der Waals surface area contributed by atoms with E-state index >= 15 is 0 Å². The maximum absolute atomic E-state index is 6.71. The summed E-state index contributed by atoms with van der Waals surface area (Å²) in [6.07, 6.45) is 10.1. The summed E-state index contributed by atoms with van der Waals surface area (Å²) in [5, 5.41) is 1.88. The maximum atomic E-state index is 6.71. The van der Waals surface area contributed by atoms with E-state index in [1.165, 1.54) is 37.9 Å². The number of pyridine rings is 1. The van der Waals surface area contributed by atoms with Crippen molar-refractivity contribution in [1.29, 1.82) is 0 Å². The summed E-state index contributed by atoms with van der Waals surface area (Å²) >= 11 is 6.71. The van der Waals surface area contributed by atoms with Crippen molar-refractivity contribution >= 4 is 22.5 Å². The molecule has 1 aliphatic heterocycles. The monoisotopic (exact) mass is 445 g/mol. The molecule has 0 unspecified atom stereocenters. The number of piperidine rings is 1. The normalized spacial score (nSPS) is 14.7. The van der Waals surface area contributed by atoms with Crippen molar-refractivity contribution in [2.75, 3.05) is 26.7 Å². The van der Waals surface area contributed by atoms with E-state index in [-0.39, 0.29) is 0 Å². The predicted molar refractivity (Wildman–Crippen MR) is 132 cm³/mol. The second-order valence-corrected chi connectivity index (χ2v) is 8.87. The van der Waals surface area contributed by atoms with Crippen molar-refractivity contribution in [2.45, 2.75) is 25.8 Å². The molecule has 3 heterocycles. The van der Waals surface area contributed by atoms with Gasteiger partial charge in [-0.05, 0) is 61.8 Å². The molecule has 1 aliphatic rings. The van der Waals surface area contributed by atoms with Gasteiger partial charge in [-0.2, -0.15) is 0 Å². The highest BCUT2D eigenvalue weighted by Crippen LogP contribution is 2.36. The number of methoxy groups -OCH3 is 1. The zero-order valence-corrected chi connectivity index (χ0v) is 19.2. The maximum Gasteiger partial charge on any atom is 0.118 e. The second kappa shape index (κ2) is 9.35. The first-order valence-electron chi connectivity index (χ1n) is 11.3. The first-order chi connectivity index (χ1) is 15.7. The molecule has 0 radical (unpaired) electrons. The molecule has 164 valence electrons. The summed E-state index contributed by atoms with van der Waals surface area (Å²) in [5.41, 5.74) is 5.58. The van der Waals surface area contributed by atoms with Crippen LogP contribution in [0.15, 0.2) is 67.1 Å². The fraction of sp³-hybridized carbons (Fsp3) is 0.296. The Bertz CT molecular complexity index is 1210. The summed E-state index contributed by atoms with van der Waals surface area (Å²) in [4.78, 5) is 7.13. The molecule has 0 amide bonds. The quantitative estimate of drug-likeness (QED) is 0.338. The van der Waals surface area contributed by atoms with Crippen molar-refractivity contribution in [3.05, 3.63) is 72.1 Å². The molecule has 0 atom stereocenters. The zero-order valence-electron chi connectivity index (χ0n) is 18.4. The summed E-state index contributed by atoms with van der Waals surface area (Å²) in [7, 11) is 1.68. The van der Waals surface area contributed by atoms with Crippen LogP contribution in [0.4, 0.5) is 0 Å². The number of rotatable bonds is 6. The lowest BCUT2D eigenvalue weighted by Gasteiger charge is -2.26. The molecular formula is C27H28ClN3O. The predicted octanol–water partition coefficient (Wildman–Crippen LogP) is 6.52. The first-order valence-corrected chi connectivity index (χ1v) is 11.7. The van der Waals surface area contributed by atoms with Crippen molar-refractivity contribution in [3.8, 4) is 28.0 Å². The summed E-state index contributed by atoms with van der Waals surface area (Å²) in [5.74, 6) is 0.849. The smallest absolute Gasteiger partial charge is 0.118 e. The van der Waals surface area contributed by atoms with E-state index < -0.39 is 0 Å². The molecule has 0 spiro atoms. The van der Waals surface area contributed by atoms with Crippen molar-refractivity contribution < 1.29 is 4.74 Å². The van der Waals surface area contributed by atoms with Crippen LogP contribution in [-0.2, 0) is 6.54 Å². The van der Waals surface area contributed by atoms with Gasteiger partial charge < -0.3 is 14.2 Å². The number of ether oxygens (including phenoxy) is 1. The highest BCUT2D eigenvalue weighted by molar-refractivity contribution is 6.36. The molecule has 0 bridgehead atoms. The van der Waals surface area contributed by atoms with E-state index in [0.29, 0.717) is 0 Å². The Balaban J connectivity index is 1.50. The molecule has 1 saturated heterocycles. The minimum absolute atomic E-state index is 0.782. The van der Waals surface area contributed by atoms with E-state index in [1.807, 2.05) is 36.7 Å². The number of likely N-dealkylation sites (tertiary alicyclic amines) is 1. The standard InChI is InChI=1S/C27H28ClN3O/c1-32-23-10-8-20(9-11-23)21-16-22(18-29-17-21)24-19-31(15-14-30-12-3-2-4-13-30)26-7-5-6-25(28)27(24)26/h5-11,16-19H,2-4,12-15H2,1H3. The molecule has 4 nitrogen and oxygen atoms in total. The fourth-order valence-corrected chi connectivity index (χ4v) is 4.94. The van der Waals surface area contributed by atoms with Crippen LogP contribution in [0, 0.1) is 0 Å². The Morgan fingerprint density at radius 1 is 0.906 bits per heavy atom. The molecule has 0 aliphatic carbocycles. The van der Waals surface area contributed by atoms with Crippen LogP contribution in [-0.4, -0.2) is 41.2 Å². The molecule has 32 heavy (non-hydrogen) atoms. The molecule has 1 fully saturated rings.